The molecule has 0 saturated carbocycles. The van der Waals surface area contributed by atoms with Crippen molar-refractivity contribution in [2.45, 2.75) is 31.5 Å². The summed E-state index contributed by atoms with van der Waals surface area (Å²) in [6.45, 7) is 5.50. The molecule has 5 rings (SSSR count). The lowest BCUT2D eigenvalue weighted by Gasteiger charge is -2.40. The molecule has 6 nitrogen and oxygen atoms in total. The lowest BCUT2D eigenvalue weighted by Crippen LogP contribution is -2.54. The van der Waals surface area contributed by atoms with Gasteiger partial charge in [0.25, 0.3) is 0 Å². The maximum atomic E-state index is 13.1. The summed E-state index contributed by atoms with van der Waals surface area (Å²) in [5.74, 6) is 0.0926. The van der Waals surface area contributed by atoms with Crippen molar-refractivity contribution in [3.8, 4) is 0 Å². The molecule has 186 valence electrons. The van der Waals surface area contributed by atoms with Crippen LogP contribution in [-0.2, 0) is 4.79 Å². The molecule has 0 aromatic heterocycles. The van der Waals surface area contributed by atoms with E-state index in [1.54, 1.807) is 0 Å². The third kappa shape index (κ3) is 5.29. The molecule has 0 radical (unpaired) electrons. The number of nitrogens with zero attached hydrogens (tertiary/aromatic N) is 3. The first kappa shape index (κ1) is 24.1. The molecule has 0 bridgehead atoms. The number of hydrogen-bond donors (Lipinski definition) is 1. The van der Waals surface area contributed by atoms with E-state index in [0.717, 1.165) is 18.7 Å². The Morgan fingerprint density at radius 3 is 1.81 bits per heavy atom. The first-order valence-electron chi connectivity index (χ1n) is 12.8. The molecule has 2 saturated heterocycles. The zero-order valence-electron chi connectivity index (χ0n) is 20.8. The van der Waals surface area contributed by atoms with Crippen LogP contribution in [-0.4, -0.2) is 65.4 Å². The lowest BCUT2D eigenvalue weighted by molar-refractivity contribution is -0.129. The molecule has 0 aliphatic carbocycles. The van der Waals surface area contributed by atoms with Crippen LogP contribution in [0.5, 0.6) is 0 Å². The van der Waals surface area contributed by atoms with Crippen molar-refractivity contribution >= 4 is 11.9 Å². The van der Waals surface area contributed by atoms with E-state index in [-0.39, 0.29) is 30.1 Å². The van der Waals surface area contributed by atoms with Crippen LogP contribution >= 0.6 is 0 Å². The molecule has 0 spiro atoms. The smallest absolute Gasteiger partial charge is 0.317 e. The van der Waals surface area contributed by atoms with Crippen molar-refractivity contribution in [3.05, 3.63) is 108 Å². The topological polar surface area (TPSA) is 55.9 Å². The van der Waals surface area contributed by atoms with E-state index >= 15 is 0 Å². The molecule has 36 heavy (non-hydrogen) atoms. The summed E-state index contributed by atoms with van der Waals surface area (Å²) < 4.78 is 0. The maximum Gasteiger partial charge on any atom is 0.317 e. The van der Waals surface area contributed by atoms with Crippen LogP contribution in [0.1, 0.15) is 42.1 Å². The second-order valence-corrected chi connectivity index (χ2v) is 9.73. The molecular weight excluding hydrogens is 448 g/mol. The van der Waals surface area contributed by atoms with Gasteiger partial charge in [0.15, 0.2) is 0 Å². The van der Waals surface area contributed by atoms with Gasteiger partial charge in [-0.2, -0.15) is 0 Å². The van der Waals surface area contributed by atoms with Gasteiger partial charge in [-0.15, -0.1) is 0 Å². The molecule has 3 amide bonds. The molecule has 2 fully saturated rings. The second-order valence-electron chi connectivity index (χ2n) is 9.73. The number of carbonyl (C=O) groups excluding carboxylic acids is 2. The molecule has 2 atom stereocenters. The predicted molar refractivity (Wildman–Crippen MR) is 141 cm³/mol. The van der Waals surface area contributed by atoms with Crippen molar-refractivity contribution in [1.29, 1.82) is 0 Å². The molecule has 2 heterocycles. The number of nitrogens with one attached hydrogen (secondary N) is 1. The van der Waals surface area contributed by atoms with Crippen LogP contribution in [0.2, 0.25) is 0 Å². The van der Waals surface area contributed by atoms with Crippen molar-refractivity contribution in [2.24, 2.45) is 0 Å². The standard InChI is InChI=1S/C30H34N4O2/c1-23(24-11-5-2-6-12-24)34-22-27(21-28(34)35)31-30(36)33-19-17-32(18-20-33)29(25-13-7-3-8-14-25)26-15-9-4-10-16-26/h2-16,23,27,29H,17-22H2,1H3,(H,31,36). The number of likely N-dealkylation sites (tertiary alicyclic amines) is 1. The minimum atomic E-state index is -0.157. The van der Waals surface area contributed by atoms with Gasteiger partial charge in [0, 0.05) is 39.1 Å². The molecule has 3 aromatic rings. The van der Waals surface area contributed by atoms with Gasteiger partial charge in [-0.3, -0.25) is 9.69 Å². The predicted octanol–water partition coefficient (Wildman–Crippen LogP) is 4.47. The Bertz CT molecular complexity index is 1110. The number of amides is 3. The molecule has 2 aliphatic heterocycles. The van der Waals surface area contributed by atoms with Gasteiger partial charge < -0.3 is 15.1 Å². The molecule has 2 aliphatic rings. The SMILES string of the molecule is CC(c1ccccc1)N1CC(NC(=O)N2CCN(C(c3ccccc3)c3ccccc3)CC2)CC1=O. The van der Waals surface area contributed by atoms with Gasteiger partial charge in [-0.1, -0.05) is 91.0 Å². The maximum absolute atomic E-state index is 13.1. The van der Waals surface area contributed by atoms with Crippen molar-refractivity contribution in [3.63, 3.8) is 0 Å². The van der Waals surface area contributed by atoms with Crippen molar-refractivity contribution in [2.75, 3.05) is 32.7 Å². The summed E-state index contributed by atoms with van der Waals surface area (Å²) in [4.78, 5) is 32.0. The largest absolute Gasteiger partial charge is 0.334 e. The zero-order valence-corrected chi connectivity index (χ0v) is 20.8. The van der Waals surface area contributed by atoms with E-state index in [9.17, 15) is 9.59 Å². The first-order valence-corrected chi connectivity index (χ1v) is 12.8. The van der Waals surface area contributed by atoms with Crippen LogP contribution in [0.4, 0.5) is 4.79 Å². The summed E-state index contributed by atoms with van der Waals surface area (Å²) in [5, 5.41) is 3.13. The highest BCUT2D eigenvalue weighted by Crippen LogP contribution is 2.30. The third-order valence-electron chi connectivity index (χ3n) is 7.43. The van der Waals surface area contributed by atoms with Gasteiger partial charge in [0.1, 0.15) is 0 Å². The van der Waals surface area contributed by atoms with Gasteiger partial charge in [-0.25, -0.2) is 4.79 Å². The van der Waals surface area contributed by atoms with Gasteiger partial charge >= 0.3 is 6.03 Å². The minimum absolute atomic E-state index is 0.00273. The highest BCUT2D eigenvalue weighted by Gasteiger charge is 2.35. The van der Waals surface area contributed by atoms with Crippen molar-refractivity contribution in [1.82, 2.24) is 20.0 Å². The van der Waals surface area contributed by atoms with E-state index in [1.807, 2.05) is 59.2 Å². The minimum Gasteiger partial charge on any atom is -0.334 e. The second kappa shape index (κ2) is 11.0. The summed E-state index contributed by atoms with van der Waals surface area (Å²) in [5.41, 5.74) is 3.64. The average molecular weight is 483 g/mol. The summed E-state index contributed by atoms with van der Waals surface area (Å²) >= 11 is 0. The number of piperazine rings is 1. The fraction of sp³-hybridized carbons (Fsp3) is 0.333. The zero-order chi connectivity index (χ0) is 24.9. The van der Waals surface area contributed by atoms with E-state index < -0.39 is 0 Å². The summed E-state index contributed by atoms with van der Waals surface area (Å²) in [6.07, 6.45) is 0.354. The Kier molecular flexibility index (Phi) is 7.33. The Balaban J connectivity index is 1.18. The third-order valence-corrected chi connectivity index (χ3v) is 7.43. The normalized spacial score (nSPS) is 19.5. The molecule has 1 N–H and O–H groups in total. The van der Waals surface area contributed by atoms with Gasteiger partial charge in [-0.05, 0) is 23.6 Å². The van der Waals surface area contributed by atoms with E-state index in [1.165, 1.54) is 11.1 Å². The van der Waals surface area contributed by atoms with Crippen LogP contribution < -0.4 is 5.32 Å². The Morgan fingerprint density at radius 1 is 0.778 bits per heavy atom. The van der Waals surface area contributed by atoms with Crippen LogP contribution in [0.3, 0.4) is 0 Å². The Labute approximate surface area is 213 Å². The van der Waals surface area contributed by atoms with E-state index in [2.05, 4.69) is 58.7 Å². The molecule has 6 heteroatoms. The molecular formula is C30H34N4O2. The summed E-state index contributed by atoms with van der Waals surface area (Å²) in [7, 11) is 0. The van der Waals surface area contributed by atoms with E-state index in [4.69, 9.17) is 0 Å². The van der Waals surface area contributed by atoms with Crippen LogP contribution in [0, 0.1) is 0 Å². The number of carbonyl (C=O) groups is 2. The lowest BCUT2D eigenvalue weighted by atomic mass is 9.96. The van der Waals surface area contributed by atoms with Crippen LogP contribution in [0.25, 0.3) is 0 Å². The highest BCUT2D eigenvalue weighted by atomic mass is 16.2. The van der Waals surface area contributed by atoms with Gasteiger partial charge in [0.05, 0.1) is 18.1 Å². The Morgan fingerprint density at radius 2 is 1.28 bits per heavy atom. The monoisotopic (exact) mass is 482 g/mol. The number of urea groups is 1. The Hall–Kier alpha value is -3.64. The quantitative estimate of drug-likeness (QED) is 0.564. The van der Waals surface area contributed by atoms with Gasteiger partial charge in [0.2, 0.25) is 5.91 Å². The number of rotatable bonds is 6. The van der Waals surface area contributed by atoms with Crippen LogP contribution in [0.15, 0.2) is 91.0 Å². The molecule has 2 unspecified atom stereocenters. The molecule has 3 aromatic carbocycles. The number of hydrogen-bond acceptors (Lipinski definition) is 3. The van der Waals surface area contributed by atoms with Crippen molar-refractivity contribution < 1.29 is 9.59 Å². The van der Waals surface area contributed by atoms with E-state index in [0.29, 0.717) is 26.1 Å². The average Bonchev–Trinajstić information content (AvgIpc) is 3.30. The fourth-order valence-corrected chi connectivity index (χ4v) is 5.45. The first-order chi connectivity index (χ1) is 17.6. The highest BCUT2D eigenvalue weighted by molar-refractivity contribution is 5.82. The summed E-state index contributed by atoms with van der Waals surface area (Å²) in [6, 6.07) is 31.1. The fourth-order valence-electron chi connectivity index (χ4n) is 5.45. The number of benzene rings is 3.